The molecule has 2 unspecified atom stereocenters. The molecular weight excluding hydrogens is 224 g/mol. The van der Waals surface area contributed by atoms with Gasteiger partial charge in [0.25, 0.3) is 0 Å². The molecule has 1 aromatic rings. The summed E-state index contributed by atoms with van der Waals surface area (Å²) in [5, 5.41) is 0. The Morgan fingerprint density at radius 1 is 1.44 bits per heavy atom. The van der Waals surface area contributed by atoms with E-state index in [1.165, 1.54) is 30.4 Å². The second-order valence-electron chi connectivity index (χ2n) is 5.18. The fraction of sp³-hybridized carbons (Fsp3) is 0.600. The average molecular weight is 248 g/mol. The zero-order chi connectivity index (χ0) is 13.0. The van der Waals surface area contributed by atoms with E-state index in [9.17, 15) is 0 Å². The number of nitrogens with two attached hydrogens (primary N) is 1. The highest BCUT2D eigenvalue weighted by atomic mass is 16.5. The van der Waals surface area contributed by atoms with Crippen LogP contribution in [0.25, 0.3) is 0 Å². The zero-order valence-corrected chi connectivity index (χ0v) is 11.4. The van der Waals surface area contributed by atoms with Gasteiger partial charge in [0, 0.05) is 7.11 Å². The van der Waals surface area contributed by atoms with E-state index in [-0.39, 0.29) is 12.1 Å². The van der Waals surface area contributed by atoms with Gasteiger partial charge in [0.1, 0.15) is 0 Å². The van der Waals surface area contributed by atoms with Crippen molar-refractivity contribution in [3.8, 4) is 0 Å². The lowest BCUT2D eigenvalue weighted by molar-refractivity contribution is 0.0506. The van der Waals surface area contributed by atoms with Crippen molar-refractivity contribution in [3.63, 3.8) is 0 Å². The highest BCUT2D eigenvalue weighted by molar-refractivity contribution is 5.27. The lowest BCUT2D eigenvalue weighted by atomic mass is 9.96. The summed E-state index contributed by atoms with van der Waals surface area (Å²) < 4.78 is 5.64. The van der Waals surface area contributed by atoms with E-state index in [0.717, 1.165) is 6.42 Å². The van der Waals surface area contributed by atoms with Gasteiger partial charge in [-0.3, -0.25) is 11.3 Å². The lowest BCUT2D eigenvalue weighted by Crippen LogP contribution is -2.38. The van der Waals surface area contributed by atoms with Crippen LogP contribution >= 0.6 is 0 Å². The van der Waals surface area contributed by atoms with Crippen molar-refractivity contribution in [1.29, 1.82) is 0 Å². The van der Waals surface area contributed by atoms with E-state index < -0.39 is 0 Å². The van der Waals surface area contributed by atoms with Gasteiger partial charge in [-0.1, -0.05) is 37.6 Å². The van der Waals surface area contributed by atoms with Gasteiger partial charge in [-0.2, -0.15) is 0 Å². The van der Waals surface area contributed by atoms with Crippen LogP contribution < -0.4 is 11.3 Å². The van der Waals surface area contributed by atoms with Crippen LogP contribution in [0.3, 0.4) is 0 Å². The van der Waals surface area contributed by atoms with E-state index in [1.807, 2.05) is 0 Å². The maximum absolute atomic E-state index is 5.74. The Bertz CT molecular complexity index is 377. The number of rotatable bonds is 7. The first-order chi connectivity index (χ1) is 8.80. The number of nitrogens with one attached hydrogen (secondary N) is 1. The number of hydrazine groups is 1. The third kappa shape index (κ3) is 3.10. The molecular formula is C15H24N2O. The van der Waals surface area contributed by atoms with Crippen molar-refractivity contribution in [3.05, 3.63) is 35.4 Å². The molecule has 1 saturated carbocycles. The second kappa shape index (κ2) is 6.32. The molecule has 1 fully saturated rings. The molecule has 0 amide bonds. The van der Waals surface area contributed by atoms with Gasteiger partial charge in [0.15, 0.2) is 0 Å². The number of methoxy groups -OCH3 is 1. The number of benzene rings is 1. The lowest BCUT2D eigenvalue weighted by Gasteiger charge is -2.26. The number of ether oxygens (including phenoxy) is 1. The van der Waals surface area contributed by atoms with Crippen LogP contribution in [0.2, 0.25) is 0 Å². The first-order valence-electron chi connectivity index (χ1n) is 6.88. The Balaban J connectivity index is 2.17. The van der Waals surface area contributed by atoms with Crippen LogP contribution in [0.1, 0.15) is 43.4 Å². The third-order valence-corrected chi connectivity index (χ3v) is 3.72. The van der Waals surface area contributed by atoms with Gasteiger partial charge >= 0.3 is 0 Å². The van der Waals surface area contributed by atoms with Gasteiger partial charge in [0.2, 0.25) is 0 Å². The van der Waals surface area contributed by atoms with E-state index in [0.29, 0.717) is 5.92 Å². The van der Waals surface area contributed by atoms with Crippen LogP contribution in [0.4, 0.5) is 0 Å². The van der Waals surface area contributed by atoms with Crippen molar-refractivity contribution >= 4 is 0 Å². The molecule has 0 spiro atoms. The van der Waals surface area contributed by atoms with Gasteiger partial charge in [-0.05, 0) is 36.3 Å². The molecule has 100 valence electrons. The molecule has 0 heterocycles. The van der Waals surface area contributed by atoms with Crippen molar-refractivity contribution < 1.29 is 4.74 Å². The number of hydrogen-bond acceptors (Lipinski definition) is 3. The topological polar surface area (TPSA) is 47.3 Å². The molecule has 1 aliphatic rings. The van der Waals surface area contributed by atoms with Gasteiger partial charge in [0.05, 0.1) is 12.1 Å². The SMILES string of the molecule is CCCc1cccc(C(NN)C(OC)C2CC2)c1. The number of aryl methyl sites for hydroxylation is 1. The maximum atomic E-state index is 5.74. The normalized spacial score (nSPS) is 18.6. The summed E-state index contributed by atoms with van der Waals surface area (Å²) in [5.74, 6) is 6.40. The van der Waals surface area contributed by atoms with Crippen LogP contribution in [-0.2, 0) is 11.2 Å². The Labute approximate surface area is 110 Å². The monoisotopic (exact) mass is 248 g/mol. The predicted molar refractivity (Wildman–Crippen MR) is 74.0 cm³/mol. The summed E-state index contributed by atoms with van der Waals surface area (Å²) in [4.78, 5) is 0. The van der Waals surface area contributed by atoms with Crippen molar-refractivity contribution in [2.45, 2.75) is 44.8 Å². The molecule has 2 rings (SSSR count). The maximum Gasteiger partial charge on any atom is 0.0806 e. The standard InChI is InChI=1S/C15H24N2O/c1-3-5-11-6-4-7-13(10-11)14(17-16)15(18-2)12-8-9-12/h4,6-7,10,12,14-15,17H,3,5,8-9,16H2,1-2H3. The molecule has 0 aromatic heterocycles. The first-order valence-corrected chi connectivity index (χ1v) is 6.88. The number of hydrogen-bond donors (Lipinski definition) is 2. The van der Waals surface area contributed by atoms with Crippen molar-refractivity contribution in [1.82, 2.24) is 5.43 Å². The molecule has 3 heteroatoms. The van der Waals surface area contributed by atoms with E-state index in [4.69, 9.17) is 10.6 Å². The Morgan fingerprint density at radius 2 is 2.22 bits per heavy atom. The highest BCUT2D eigenvalue weighted by Gasteiger charge is 2.37. The molecule has 1 aromatic carbocycles. The smallest absolute Gasteiger partial charge is 0.0806 e. The highest BCUT2D eigenvalue weighted by Crippen LogP contribution is 2.39. The summed E-state index contributed by atoms with van der Waals surface area (Å²) >= 11 is 0. The Morgan fingerprint density at radius 3 is 2.78 bits per heavy atom. The minimum atomic E-state index is 0.0966. The summed E-state index contributed by atoms with van der Waals surface area (Å²) in [5.41, 5.74) is 5.55. The molecule has 0 radical (unpaired) electrons. The van der Waals surface area contributed by atoms with Gasteiger partial charge in [-0.25, -0.2) is 0 Å². The van der Waals surface area contributed by atoms with E-state index >= 15 is 0 Å². The minimum Gasteiger partial charge on any atom is -0.379 e. The molecule has 1 aliphatic carbocycles. The average Bonchev–Trinajstić information content (AvgIpc) is 3.21. The van der Waals surface area contributed by atoms with Crippen molar-refractivity contribution in [2.24, 2.45) is 11.8 Å². The fourth-order valence-corrected chi connectivity index (χ4v) is 2.64. The quantitative estimate of drug-likeness (QED) is 0.576. The Kier molecular flexibility index (Phi) is 4.75. The third-order valence-electron chi connectivity index (χ3n) is 3.72. The Hall–Kier alpha value is -0.900. The van der Waals surface area contributed by atoms with E-state index in [1.54, 1.807) is 7.11 Å². The molecule has 0 aliphatic heterocycles. The van der Waals surface area contributed by atoms with Gasteiger partial charge < -0.3 is 4.74 Å². The molecule has 0 saturated heterocycles. The second-order valence-corrected chi connectivity index (χ2v) is 5.18. The largest absolute Gasteiger partial charge is 0.379 e. The summed E-state index contributed by atoms with van der Waals surface area (Å²) in [6.45, 7) is 2.20. The minimum absolute atomic E-state index is 0.0966. The van der Waals surface area contributed by atoms with Crippen molar-refractivity contribution in [2.75, 3.05) is 7.11 Å². The van der Waals surface area contributed by atoms with Crippen LogP contribution in [-0.4, -0.2) is 13.2 Å². The summed E-state index contributed by atoms with van der Waals surface area (Å²) in [6.07, 6.45) is 4.98. The van der Waals surface area contributed by atoms with Crippen LogP contribution in [0, 0.1) is 5.92 Å². The summed E-state index contributed by atoms with van der Waals surface area (Å²) in [7, 11) is 1.78. The molecule has 0 bridgehead atoms. The van der Waals surface area contributed by atoms with Gasteiger partial charge in [-0.15, -0.1) is 0 Å². The van der Waals surface area contributed by atoms with Crippen LogP contribution in [0.15, 0.2) is 24.3 Å². The first kappa shape index (κ1) is 13.5. The molecule has 3 nitrogen and oxygen atoms in total. The predicted octanol–water partition coefficient (Wildman–Crippen LogP) is 2.57. The molecule has 2 atom stereocenters. The molecule has 18 heavy (non-hydrogen) atoms. The van der Waals surface area contributed by atoms with E-state index in [2.05, 4.69) is 36.6 Å². The summed E-state index contributed by atoms with van der Waals surface area (Å²) in [6, 6.07) is 8.78. The zero-order valence-electron chi connectivity index (χ0n) is 11.4. The molecule has 3 N–H and O–H groups in total. The fourth-order valence-electron chi connectivity index (χ4n) is 2.64. The van der Waals surface area contributed by atoms with Crippen LogP contribution in [0.5, 0.6) is 0 Å².